The zero-order chi connectivity index (χ0) is 40.8. The van der Waals surface area contributed by atoms with Gasteiger partial charge in [0, 0.05) is 12.8 Å². The summed E-state index contributed by atoms with van der Waals surface area (Å²) >= 11 is 0. The van der Waals surface area contributed by atoms with E-state index in [0.717, 1.165) is 44.9 Å². The summed E-state index contributed by atoms with van der Waals surface area (Å²) in [5.41, 5.74) is 0. The predicted molar refractivity (Wildman–Crippen MR) is 241 cm³/mol. The number of hydrogen-bond donors (Lipinski definition) is 3. The van der Waals surface area contributed by atoms with Gasteiger partial charge in [0.15, 0.2) is 0 Å². The number of carbonyl (C=O) groups is 2. The molecule has 0 fully saturated rings. The molecule has 0 aromatic heterocycles. The average molecular weight is 792 g/mol. The number of ether oxygens (including phenoxy) is 1. The summed E-state index contributed by atoms with van der Waals surface area (Å²) in [6, 6.07) is -0.545. The van der Waals surface area contributed by atoms with Crippen molar-refractivity contribution in [1.82, 2.24) is 5.32 Å². The molecule has 0 saturated carbocycles. The molecule has 0 spiro atoms. The van der Waals surface area contributed by atoms with Gasteiger partial charge in [-0.25, -0.2) is 0 Å². The van der Waals surface area contributed by atoms with Crippen molar-refractivity contribution in [3.05, 3.63) is 12.2 Å². The Morgan fingerprint density at radius 1 is 0.482 bits per heavy atom. The molecule has 2 unspecified atom stereocenters. The lowest BCUT2D eigenvalue weighted by Crippen LogP contribution is -2.45. The molecule has 332 valence electrons. The van der Waals surface area contributed by atoms with E-state index in [9.17, 15) is 19.8 Å². The molecule has 0 bridgehead atoms. The third-order valence-electron chi connectivity index (χ3n) is 11.6. The van der Waals surface area contributed by atoms with Gasteiger partial charge in [-0.15, -0.1) is 0 Å². The molecule has 0 aliphatic heterocycles. The van der Waals surface area contributed by atoms with Crippen molar-refractivity contribution in [2.24, 2.45) is 0 Å². The van der Waals surface area contributed by atoms with Crippen LogP contribution in [0.3, 0.4) is 0 Å². The number of rotatable bonds is 46. The fourth-order valence-electron chi connectivity index (χ4n) is 7.69. The van der Waals surface area contributed by atoms with Gasteiger partial charge in [-0.2, -0.15) is 0 Å². The molecule has 56 heavy (non-hydrogen) atoms. The molecular formula is C50H97NO5. The van der Waals surface area contributed by atoms with Gasteiger partial charge < -0.3 is 20.3 Å². The van der Waals surface area contributed by atoms with Crippen LogP contribution in [-0.2, 0) is 14.3 Å². The third kappa shape index (κ3) is 42.2. The van der Waals surface area contributed by atoms with Crippen LogP contribution in [0.4, 0.5) is 0 Å². The second kappa shape index (κ2) is 46.3. The number of allylic oxidation sites excluding steroid dienone is 2. The highest BCUT2D eigenvalue weighted by Gasteiger charge is 2.20. The minimum atomic E-state index is -0.667. The van der Waals surface area contributed by atoms with Crippen LogP contribution in [0.2, 0.25) is 0 Å². The van der Waals surface area contributed by atoms with Crippen molar-refractivity contribution >= 4 is 11.9 Å². The van der Waals surface area contributed by atoms with E-state index in [1.165, 1.54) is 193 Å². The minimum Gasteiger partial charge on any atom is -0.466 e. The zero-order valence-electron chi connectivity index (χ0n) is 37.6. The molecule has 3 N–H and O–H groups in total. The Balaban J connectivity index is 3.42. The van der Waals surface area contributed by atoms with E-state index in [2.05, 4.69) is 31.3 Å². The van der Waals surface area contributed by atoms with Gasteiger partial charge in [-0.1, -0.05) is 219 Å². The number of esters is 1. The molecule has 0 heterocycles. The fourth-order valence-corrected chi connectivity index (χ4v) is 7.69. The van der Waals surface area contributed by atoms with Crippen LogP contribution < -0.4 is 5.32 Å². The number of nitrogens with one attached hydrogen (secondary N) is 1. The van der Waals surface area contributed by atoms with Gasteiger partial charge in [0.2, 0.25) is 5.91 Å². The number of unbranched alkanes of at least 4 members (excludes halogenated alkanes) is 33. The smallest absolute Gasteiger partial charge is 0.305 e. The van der Waals surface area contributed by atoms with Crippen LogP contribution in [0.15, 0.2) is 12.2 Å². The van der Waals surface area contributed by atoms with E-state index >= 15 is 0 Å². The van der Waals surface area contributed by atoms with Gasteiger partial charge in [0.25, 0.3) is 0 Å². The van der Waals surface area contributed by atoms with Crippen LogP contribution in [0.5, 0.6) is 0 Å². The van der Waals surface area contributed by atoms with Crippen LogP contribution >= 0.6 is 0 Å². The van der Waals surface area contributed by atoms with E-state index in [1.54, 1.807) is 0 Å². The number of hydrogen-bond acceptors (Lipinski definition) is 5. The number of amides is 1. The van der Waals surface area contributed by atoms with Crippen molar-refractivity contribution in [3.63, 3.8) is 0 Å². The van der Waals surface area contributed by atoms with E-state index in [-0.39, 0.29) is 18.5 Å². The molecule has 0 rings (SSSR count). The minimum absolute atomic E-state index is 0.00331. The van der Waals surface area contributed by atoms with Gasteiger partial charge in [0.05, 0.1) is 25.4 Å². The first-order valence-corrected chi connectivity index (χ1v) is 24.9. The highest BCUT2D eigenvalue weighted by Crippen LogP contribution is 2.16. The summed E-state index contributed by atoms with van der Waals surface area (Å²) < 4.78 is 5.45. The Morgan fingerprint density at radius 2 is 0.839 bits per heavy atom. The number of aliphatic hydroxyl groups excluding tert-OH is 2. The zero-order valence-corrected chi connectivity index (χ0v) is 37.6. The molecule has 0 aliphatic rings. The molecule has 0 saturated heterocycles. The third-order valence-corrected chi connectivity index (χ3v) is 11.6. The van der Waals surface area contributed by atoms with E-state index in [4.69, 9.17) is 4.74 Å². The molecule has 6 nitrogen and oxygen atoms in total. The van der Waals surface area contributed by atoms with Crippen molar-refractivity contribution in [3.8, 4) is 0 Å². The second-order valence-corrected chi connectivity index (χ2v) is 17.1. The average Bonchev–Trinajstić information content (AvgIpc) is 3.20. The second-order valence-electron chi connectivity index (χ2n) is 17.1. The Hall–Kier alpha value is -1.40. The van der Waals surface area contributed by atoms with Crippen LogP contribution in [-0.4, -0.2) is 47.4 Å². The maximum absolute atomic E-state index is 12.4. The highest BCUT2D eigenvalue weighted by atomic mass is 16.5. The van der Waals surface area contributed by atoms with E-state index in [1.807, 2.05) is 0 Å². The Morgan fingerprint density at radius 3 is 1.27 bits per heavy atom. The van der Waals surface area contributed by atoms with Crippen LogP contribution in [0, 0.1) is 0 Å². The molecule has 6 heteroatoms. The summed E-state index contributed by atoms with van der Waals surface area (Å²) in [4.78, 5) is 24.3. The summed E-state index contributed by atoms with van der Waals surface area (Å²) in [5, 5.41) is 23.0. The fraction of sp³-hybridized carbons (Fsp3) is 0.920. The lowest BCUT2D eigenvalue weighted by atomic mass is 10.0. The standard InChI is InChI=1S/C50H97NO5/c1-3-5-7-9-11-13-23-28-32-36-40-44-50(55)56-45-41-37-33-29-25-22-20-18-16-14-15-17-19-21-24-27-31-35-39-43-49(54)51-47(46-52)48(53)42-38-34-30-26-12-10-8-6-4-2/h14-15,47-48,52-53H,3-13,16-46H2,1-2H3,(H,51,54)/b15-14-. The van der Waals surface area contributed by atoms with Crippen molar-refractivity contribution in [2.45, 2.75) is 283 Å². The van der Waals surface area contributed by atoms with Gasteiger partial charge in [-0.3, -0.25) is 9.59 Å². The van der Waals surface area contributed by atoms with Crippen molar-refractivity contribution < 1.29 is 24.5 Å². The maximum Gasteiger partial charge on any atom is 0.305 e. The summed E-state index contributed by atoms with van der Waals surface area (Å²) in [6.45, 7) is 4.91. The molecule has 1 amide bonds. The molecule has 0 aliphatic carbocycles. The van der Waals surface area contributed by atoms with Crippen molar-refractivity contribution in [2.75, 3.05) is 13.2 Å². The molecule has 0 radical (unpaired) electrons. The molecular weight excluding hydrogens is 695 g/mol. The van der Waals surface area contributed by atoms with Crippen LogP contribution in [0.1, 0.15) is 271 Å². The van der Waals surface area contributed by atoms with Crippen LogP contribution in [0.25, 0.3) is 0 Å². The Bertz CT molecular complexity index is 832. The molecule has 0 aromatic rings. The summed E-state index contributed by atoms with van der Waals surface area (Å²) in [7, 11) is 0. The van der Waals surface area contributed by atoms with Gasteiger partial charge in [-0.05, 0) is 51.4 Å². The summed E-state index contributed by atoms with van der Waals surface area (Å²) in [6.07, 6.45) is 51.9. The van der Waals surface area contributed by atoms with Gasteiger partial charge >= 0.3 is 5.97 Å². The topological polar surface area (TPSA) is 95.9 Å². The predicted octanol–water partition coefficient (Wildman–Crippen LogP) is 14.6. The Labute approximate surface area is 349 Å². The largest absolute Gasteiger partial charge is 0.466 e. The molecule has 2 atom stereocenters. The SMILES string of the molecule is CCCCCCCCCCCCCC(=O)OCCCCCCCCCC/C=C\CCCCCCCCCC(=O)NC(CO)C(O)CCCCCCCCCCC. The normalized spacial score (nSPS) is 12.7. The summed E-state index contributed by atoms with van der Waals surface area (Å²) in [5.74, 6) is -0.0437. The number of aliphatic hydroxyl groups is 2. The quantitative estimate of drug-likeness (QED) is 0.0324. The van der Waals surface area contributed by atoms with Gasteiger partial charge in [0.1, 0.15) is 0 Å². The highest BCUT2D eigenvalue weighted by molar-refractivity contribution is 5.76. The number of carbonyl (C=O) groups excluding carboxylic acids is 2. The monoisotopic (exact) mass is 792 g/mol. The van der Waals surface area contributed by atoms with E-state index in [0.29, 0.717) is 25.9 Å². The lowest BCUT2D eigenvalue weighted by molar-refractivity contribution is -0.143. The molecule has 0 aromatic carbocycles. The first kappa shape index (κ1) is 54.6. The van der Waals surface area contributed by atoms with Crippen molar-refractivity contribution in [1.29, 1.82) is 0 Å². The van der Waals surface area contributed by atoms with E-state index < -0.39 is 12.1 Å². The first-order chi connectivity index (χ1) is 27.5. The lowest BCUT2D eigenvalue weighted by Gasteiger charge is -2.22. The Kier molecular flexibility index (Phi) is 45.1. The maximum atomic E-state index is 12.4. The first-order valence-electron chi connectivity index (χ1n) is 24.9.